The number of Topliss-reactive ketones (excluding diaryl/α,β-unsaturated/α-hetero) is 1. The van der Waals surface area contributed by atoms with Gasteiger partial charge in [0.15, 0.2) is 11.5 Å². The molecule has 1 saturated heterocycles. The first-order valence-corrected chi connectivity index (χ1v) is 13.5. The van der Waals surface area contributed by atoms with Crippen LogP contribution in [0.1, 0.15) is 49.9 Å². The molecule has 0 radical (unpaired) electrons. The molecule has 1 aliphatic rings. The van der Waals surface area contributed by atoms with E-state index >= 15 is 0 Å². The fourth-order valence-electron chi connectivity index (χ4n) is 4.73. The van der Waals surface area contributed by atoms with Crippen LogP contribution in [0.4, 0.5) is 0 Å². The number of carbonyl (C=O) groups excluding carboxylic acids is 2. The number of amides is 1. The summed E-state index contributed by atoms with van der Waals surface area (Å²) >= 11 is 0. The summed E-state index contributed by atoms with van der Waals surface area (Å²) in [4.78, 5) is 30.6. The van der Waals surface area contributed by atoms with Crippen LogP contribution in [0.2, 0.25) is 0 Å². The number of rotatable bonds is 14. The molecule has 1 aliphatic heterocycles. The average Bonchev–Trinajstić information content (AvgIpc) is 3.20. The second-order valence-electron chi connectivity index (χ2n) is 9.35. The number of ether oxygens (including phenoxy) is 3. The topological polar surface area (TPSA) is 88.5 Å². The Bertz CT molecular complexity index is 1220. The second-order valence-corrected chi connectivity index (χ2v) is 9.35. The zero-order chi connectivity index (χ0) is 28.5. The molecular formula is C31H40N2O6. The highest BCUT2D eigenvalue weighted by Gasteiger charge is 2.46. The van der Waals surface area contributed by atoms with E-state index in [1.165, 1.54) is 7.11 Å². The van der Waals surface area contributed by atoms with Crippen LogP contribution in [0.5, 0.6) is 17.2 Å². The maximum atomic E-state index is 13.5. The molecule has 39 heavy (non-hydrogen) atoms. The molecule has 0 bridgehead atoms. The Kier molecular flexibility index (Phi) is 10.6. The molecule has 2 aromatic carbocycles. The number of aliphatic hydroxyl groups excluding tert-OH is 1. The summed E-state index contributed by atoms with van der Waals surface area (Å²) in [6.45, 7) is 15.1. The van der Waals surface area contributed by atoms with Crippen LogP contribution in [0, 0.1) is 6.92 Å². The monoisotopic (exact) mass is 536 g/mol. The Balaban J connectivity index is 2.13. The third-order valence-electron chi connectivity index (χ3n) is 6.88. The number of aryl methyl sites for hydroxylation is 1. The highest BCUT2D eigenvalue weighted by Crippen LogP contribution is 2.42. The molecule has 1 unspecified atom stereocenters. The Labute approximate surface area is 231 Å². The van der Waals surface area contributed by atoms with E-state index in [1.54, 1.807) is 41.3 Å². The smallest absolute Gasteiger partial charge is 0.295 e. The van der Waals surface area contributed by atoms with Gasteiger partial charge in [-0.1, -0.05) is 39.5 Å². The lowest BCUT2D eigenvalue weighted by Gasteiger charge is -2.28. The number of hydrogen-bond acceptors (Lipinski definition) is 7. The molecule has 1 atom stereocenters. The Hall–Kier alpha value is -3.78. The van der Waals surface area contributed by atoms with Gasteiger partial charge in [-0.25, -0.2) is 0 Å². The van der Waals surface area contributed by atoms with Crippen LogP contribution in [0.3, 0.4) is 0 Å². The highest BCUT2D eigenvalue weighted by molar-refractivity contribution is 6.46. The number of likely N-dealkylation sites (tertiary alicyclic amines) is 1. The van der Waals surface area contributed by atoms with Gasteiger partial charge in [-0.05, 0) is 67.9 Å². The van der Waals surface area contributed by atoms with Gasteiger partial charge in [-0.15, -0.1) is 0 Å². The van der Waals surface area contributed by atoms with Gasteiger partial charge in [-0.2, -0.15) is 0 Å². The fraction of sp³-hybridized carbons (Fsp3) is 0.419. The van der Waals surface area contributed by atoms with Crippen LogP contribution in [0.25, 0.3) is 5.76 Å². The molecule has 0 aromatic heterocycles. The lowest BCUT2D eigenvalue weighted by molar-refractivity contribution is -0.140. The number of hydrogen-bond donors (Lipinski definition) is 1. The minimum Gasteiger partial charge on any atom is -0.507 e. The molecule has 2 aromatic rings. The molecule has 0 aliphatic carbocycles. The third kappa shape index (κ3) is 6.63. The quantitative estimate of drug-likeness (QED) is 0.155. The van der Waals surface area contributed by atoms with Gasteiger partial charge >= 0.3 is 0 Å². The molecular weight excluding hydrogens is 496 g/mol. The van der Waals surface area contributed by atoms with Gasteiger partial charge in [-0.3, -0.25) is 9.59 Å². The van der Waals surface area contributed by atoms with Gasteiger partial charge in [0.1, 0.15) is 18.1 Å². The summed E-state index contributed by atoms with van der Waals surface area (Å²) < 4.78 is 17.0. The summed E-state index contributed by atoms with van der Waals surface area (Å²) in [5.74, 6) is 0.0853. The van der Waals surface area contributed by atoms with Gasteiger partial charge < -0.3 is 29.1 Å². The van der Waals surface area contributed by atoms with E-state index in [9.17, 15) is 14.7 Å². The first-order valence-electron chi connectivity index (χ1n) is 13.5. The fourth-order valence-corrected chi connectivity index (χ4v) is 4.73. The van der Waals surface area contributed by atoms with Crippen molar-refractivity contribution < 1.29 is 28.9 Å². The van der Waals surface area contributed by atoms with Gasteiger partial charge in [0.2, 0.25) is 0 Å². The van der Waals surface area contributed by atoms with E-state index in [0.717, 1.165) is 25.1 Å². The van der Waals surface area contributed by atoms with E-state index in [1.807, 2.05) is 19.9 Å². The van der Waals surface area contributed by atoms with Crippen LogP contribution in [-0.2, 0) is 9.59 Å². The van der Waals surface area contributed by atoms with Gasteiger partial charge in [0.25, 0.3) is 11.7 Å². The number of ketones is 1. The molecule has 8 heteroatoms. The number of carbonyl (C=O) groups is 2. The minimum atomic E-state index is -0.793. The third-order valence-corrected chi connectivity index (χ3v) is 6.88. The number of benzene rings is 2. The van der Waals surface area contributed by atoms with Gasteiger partial charge in [0, 0.05) is 18.7 Å². The molecule has 1 heterocycles. The van der Waals surface area contributed by atoms with Crippen molar-refractivity contribution in [2.75, 3.05) is 46.5 Å². The van der Waals surface area contributed by atoms with Crippen molar-refractivity contribution >= 4 is 17.4 Å². The van der Waals surface area contributed by atoms with E-state index in [0.29, 0.717) is 54.7 Å². The van der Waals surface area contributed by atoms with Gasteiger partial charge in [0.05, 0.1) is 25.3 Å². The van der Waals surface area contributed by atoms with Crippen molar-refractivity contribution in [2.45, 2.75) is 40.2 Å². The van der Waals surface area contributed by atoms with E-state index in [2.05, 4.69) is 25.3 Å². The lowest BCUT2D eigenvalue weighted by atomic mass is 9.93. The van der Waals surface area contributed by atoms with E-state index in [4.69, 9.17) is 14.2 Å². The summed E-state index contributed by atoms with van der Waals surface area (Å²) in [5, 5.41) is 11.5. The van der Waals surface area contributed by atoms with Crippen molar-refractivity contribution in [3.05, 3.63) is 71.3 Å². The Morgan fingerprint density at radius 3 is 2.44 bits per heavy atom. The normalized spacial score (nSPS) is 16.6. The Morgan fingerprint density at radius 1 is 1.08 bits per heavy atom. The molecule has 1 fully saturated rings. The molecule has 0 saturated carbocycles. The number of methoxy groups -OCH3 is 1. The zero-order valence-corrected chi connectivity index (χ0v) is 23.7. The maximum Gasteiger partial charge on any atom is 0.295 e. The minimum absolute atomic E-state index is 0.0479. The van der Waals surface area contributed by atoms with Crippen molar-refractivity contribution in [3.8, 4) is 17.2 Å². The van der Waals surface area contributed by atoms with Crippen LogP contribution in [-0.4, -0.2) is 73.1 Å². The summed E-state index contributed by atoms with van der Waals surface area (Å²) in [5.41, 5.74) is 1.90. The van der Waals surface area contributed by atoms with Crippen molar-refractivity contribution in [1.29, 1.82) is 0 Å². The zero-order valence-electron chi connectivity index (χ0n) is 23.7. The van der Waals surface area contributed by atoms with E-state index in [-0.39, 0.29) is 11.3 Å². The summed E-state index contributed by atoms with van der Waals surface area (Å²) in [6, 6.07) is 9.81. The summed E-state index contributed by atoms with van der Waals surface area (Å²) in [6.07, 6.45) is 2.51. The molecule has 0 spiro atoms. The predicted octanol–water partition coefficient (Wildman–Crippen LogP) is 5.12. The van der Waals surface area contributed by atoms with Crippen molar-refractivity contribution in [2.24, 2.45) is 0 Å². The second kappa shape index (κ2) is 13.8. The molecule has 1 N–H and O–H groups in total. The number of likely N-dealkylation sites (N-methyl/N-ethyl adjacent to an activating group) is 1. The van der Waals surface area contributed by atoms with Crippen molar-refractivity contribution in [1.82, 2.24) is 9.80 Å². The lowest BCUT2D eigenvalue weighted by Crippen LogP contribution is -2.38. The molecule has 8 nitrogen and oxygen atoms in total. The number of nitrogens with zero attached hydrogens (tertiary/aromatic N) is 2. The van der Waals surface area contributed by atoms with Crippen LogP contribution in [0.15, 0.2) is 54.6 Å². The molecule has 210 valence electrons. The maximum absolute atomic E-state index is 13.5. The van der Waals surface area contributed by atoms with Crippen LogP contribution < -0.4 is 14.2 Å². The van der Waals surface area contributed by atoms with E-state index < -0.39 is 17.7 Å². The molecule has 3 rings (SSSR count). The highest BCUT2D eigenvalue weighted by atomic mass is 16.5. The molecule has 1 amide bonds. The largest absolute Gasteiger partial charge is 0.507 e. The SMILES string of the molecule is C=CCOc1ccc(C2/C(=C(\O)c3ccc(OCCC)cc3C)C(=O)C(=O)N2CCN(CC)CC)cc1OC. The first kappa shape index (κ1) is 29.8. The summed E-state index contributed by atoms with van der Waals surface area (Å²) in [7, 11) is 1.53. The van der Waals surface area contributed by atoms with Crippen molar-refractivity contribution in [3.63, 3.8) is 0 Å². The predicted molar refractivity (Wildman–Crippen MR) is 152 cm³/mol. The average molecular weight is 537 g/mol. The Morgan fingerprint density at radius 2 is 1.82 bits per heavy atom. The van der Waals surface area contributed by atoms with Crippen LogP contribution >= 0.6 is 0 Å². The number of aliphatic hydroxyl groups is 1. The standard InChI is InChI=1S/C31H40N2O6/c1-7-17-38-23-12-13-24(21(5)19-23)29(34)27-28(22-11-14-25(39-18-8-2)26(20-22)37-6)33(31(36)30(27)35)16-15-32(9-3)10-4/h8,11-14,19-20,28,34H,2,7,9-10,15-18H2,1,3-6H3/b29-27+. The first-order chi connectivity index (χ1) is 18.8.